The van der Waals surface area contributed by atoms with Crippen LogP contribution >= 0.6 is 11.3 Å². The van der Waals surface area contributed by atoms with Crippen LogP contribution in [0, 0.1) is 5.41 Å². The number of thiophene rings is 1. The molecule has 2 aliphatic heterocycles. The largest absolute Gasteiger partial charge is 0.387 e. The lowest BCUT2D eigenvalue weighted by atomic mass is 9.66. The van der Waals surface area contributed by atoms with Crippen molar-refractivity contribution >= 4 is 17.4 Å². The average Bonchev–Trinajstić information content (AvgIpc) is 3.65. The Morgan fingerprint density at radius 3 is 2.66 bits per heavy atom. The number of likely N-dealkylation sites (tertiary alicyclic amines) is 1. The van der Waals surface area contributed by atoms with E-state index in [1.807, 2.05) is 46.2 Å². The van der Waals surface area contributed by atoms with E-state index in [-0.39, 0.29) is 24.2 Å². The summed E-state index contributed by atoms with van der Waals surface area (Å²) in [5.74, 6) is 0. The fourth-order valence-corrected chi connectivity index (χ4v) is 7.54. The molecule has 1 spiro atoms. The molecule has 1 unspecified atom stereocenters. The van der Waals surface area contributed by atoms with Gasteiger partial charge in [-0.05, 0) is 30.7 Å². The highest BCUT2D eigenvalue weighted by Crippen LogP contribution is 2.51. The summed E-state index contributed by atoms with van der Waals surface area (Å²) < 4.78 is 1.55. The molecule has 2 atom stereocenters. The van der Waals surface area contributed by atoms with Crippen LogP contribution in [-0.2, 0) is 6.54 Å². The maximum absolute atomic E-state index is 13.9. The fraction of sp³-hybridized carbons (Fsp3) is 0.483. The van der Waals surface area contributed by atoms with Crippen LogP contribution in [0.25, 0.3) is 11.3 Å². The molecule has 8 nitrogen and oxygen atoms in total. The molecule has 1 aromatic carbocycles. The molecule has 4 heterocycles. The smallest absolute Gasteiger partial charge is 0.320 e. The number of piperidine rings is 1. The second-order valence-electron chi connectivity index (χ2n) is 11.0. The van der Waals surface area contributed by atoms with Gasteiger partial charge in [0.2, 0.25) is 0 Å². The van der Waals surface area contributed by atoms with E-state index in [9.17, 15) is 14.7 Å². The zero-order chi connectivity index (χ0) is 26.2. The van der Waals surface area contributed by atoms with E-state index < -0.39 is 11.0 Å². The number of nitrogens with one attached hydrogen (secondary N) is 1. The van der Waals surface area contributed by atoms with E-state index in [0.717, 1.165) is 44.3 Å². The summed E-state index contributed by atoms with van der Waals surface area (Å²) in [6.45, 7) is 3.40. The number of nitrogens with zero attached hydrogens (tertiary/aromatic N) is 4. The first-order chi connectivity index (χ1) is 18.5. The molecule has 3 aromatic rings. The van der Waals surface area contributed by atoms with E-state index in [0.29, 0.717) is 31.7 Å². The molecule has 200 valence electrons. The highest BCUT2D eigenvalue weighted by molar-refractivity contribution is 7.10. The molecule has 2 N–H and O–H groups in total. The maximum Gasteiger partial charge on any atom is 0.320 e. The van der Waals surface area contributed by atoms with Crippen LogP contribution in [0.3, 0.4) is 0 Å². The Hall–Kier alpha value is -3.01. The molecule has 6 rings (SSSR count). The number of hydrogen-bond donors (Lipinski definition) is 2. The van der Waals surface area contributed by atoms with Crippen molar-refractivity contribution in [2.45, 2.75) is 50.3 Å². The molecule has 3 aliphatic rings. The van der Waals surface area contributed by atoms with Gasteiger partial charge in [-0.2, -0.15) is 0 Å². The first-order valence-corrected chi connectivity index (χ1v) is 14.5. The van der Waals surface area contributed by atoms with Crippen LogP contribution in [0.15, 0.2) is 65.0 Å². The molecule has 2 amide bonds. The van der Waals surface area contributed by atoms with E-state index in [4.69, 9.17) is 0 Å². The van der Waals surface area contributed by atoms with Crippen LogP contribution in [0.1, 0.15) is 43.0 Å². The van der Waals surface area contributed by atoms with E-state index in [2.05, 4.69) is 21.7 Å². The van der Waals surface area contributed by atoms with Crippen molar-refractivity contribution in [3.05, 3.63) is 75.5 Å². The van der Waals surface area contributed by atoms with Crippen LogP contribution in [0.5, 0.6) is 0 Å². The van der Waals surface area contributed by atoms with Crippen LogP contribution in [-0.4, -0.2) is 68.8 Å². The number of urea groups is 1. The van der Waals surface area contributed by atoms with Crippen LogP contribution in [0.2, 0.25) is 0 Å². The zero-order valence-corrected chi connectivity index (χ0v) is 22.4. The monoisotopic (exact) mass is 533 g/mol. The van der Waals surface area contributed by atoms with Gasteiger partial charge in [-0.3, -0.25) is 9.36 Å². The molecule has 3 fully saturated rings. The maximum atomic E-state index is 13.9. The van der Waals surface area contributed by atoms with Crippen molar-refractivity contribution in [3.63, 3.8) is 0 Å². The summed E-state index contributed by atoms with van der Waals surface area (Å²) in [4.78, 5) is 36.7. The van der Waals surface area contributed by atoms with Gasteiger partial charge >= 0.3 is 6.03 Å². The predicted octanol–water partition coefficient (Wildman–Crippen LogP) is 3.74. The second-order valence-corrected chi connectivity index (χ2v) is 12.0. The Kier molecular flexibility index (Phi) is 6.84. The summed E-state index contributed by atoms with van der Waals surface area (Å²) in [6.07, 6.45) is 5.77. The minimum Gasteiger partial charge on any atom is -0.387 e. The third-order valence-corrected chi connectivity index (χ3v) is 9.82. The summed E-state index contributed by atoms with van der Waals surface area (Å²) in [6, 6.07) is 15.4. The van der Waals surface area contributed by atoms with Gasteiger partial charge in [0, 0.05) is 54.6 Å². The second kappa shape index (κ2) is 10.3. The Bertz CT molecular complexity index is 1320. The Balaban J connectivity index is 1.23. The van der Waals surface area contributed by atoms with E-state index in [1.165, 1.54) is 4.88 Å². The lowest BCUT2D eigenvalue weighted by Crippen LogP contribution is -2.64. The van der Waals surface area contributed by atoms with Crippen LogP contribution in [0.4, 0.5) is 4.79 Å². The molecular weight excluding hydrogens is 498 g/mol. The third kappa shape index (κ3) is 4.57. The minimum atomic E-state index is -1.07. The van der Waals surface area contributed by atoms with Crippen molar-refractivity contribution in [2.24, 2.45) is 5.41 Å². The number of hydrogen-bond acceptors (Lipinski definition) is 6. The number of benzene rings is 1. The Morgan fingerprint density at radius 2 is 1.92 bits per heavy atom. The molecule has 2 saturated heterocycles. The highest BCUT2D eigenvalue weighted by atomic mass is 32.1. The van der Waals surface area contributed by atoms with E-state index in [1.54, 1.807) is 28.3 Å². The third-order valence-electron chi connectivity index (χ3n) is 8.85. The van der Waals surface area contributed by atoms with Gasteiger partial charge in [-0.25, -0.2) is 9.78 Å². The standard InChI is InChI=1S/C29H35N5O3S/c35-26-17-23(22-7-2-1-3-8-22)31-21-33(26)20-29(37)12-14-32(19-28(29)10-4-5-11-28)27(36)34-15-13-30-18-24(34)25-9-6-16-38-25/h1-3,6-9,16-17,21,24,30,37H,4-5,10-15,18-20H2/t24?,29-/m1/s1. The topological polar surface area (TPSA) is 90.7 Å². The molecule has 9 heteroatoms. The number of aliphatic hydroxyl groups is 1. The molecule has 1 aliphatic carbocycles. The molecule has 2 aromatic heterocycles. The number of aromatic nitrogens is 2. The SMILES string of the molecule is O=C(N1CC[C@@](O)(Cn2cnc(-c3ccccc3)cc2=O)C2(CCCC2)C1)N1CCNCC1c1cccs1. The Labute approximate surface area is 226 Å². The van der Waals surface area contributed by atoms with Gasteiger partial charge in [-0.1, -0.05) is 49.2 Å². The van der Waals surface area contributed by atoms with Gasteiger partial charge in [0.15, 0.2) is 0 Å². The van der Waals surface area contributed by atoms with Gasteiger partial charge in [0.05, 0.1) is 30.2 Å². The fourth-order valence-electron chi connectivity index (χ4n) is 6.71. The summed E-state index contributed by atoms with van der Waals surface area (Å²) in [5, 5.41) is 17.6. The quantitative estimate of drug-likeness (QED) is 0.533. The number of piperazine rings is 1. The van der Waals surface area contributed by atoms with Gasteiger partial charge in [0.25, 0.3) is 5.56 Å². The molecule has 38 heavy (non-hydrogen) atoms. The van der Waals surface area contributed by atoms with Crippen LogP contribution < -0.4 is 10.9 Å². The van der Waals surface area contributed by atoms with Gasteiger partial charge < -0.3 is 20.2 Å². The molecule has 1 saturated carbocycles. The first-order valence-electron chi connectivity index (χ1n) is 13.6. The Morgan fingerprint density at radius 1 is 1.11 bits per heavy atom. The molecule has 0 bridgehead atoms. The first kappa shape index (κ1) is 25.3. The minimum absolute atomic E-state index is 0.0318. The van der Waals surface area contributed by atoms with Gasteiger partial charge in [-0.15, -0.1) is 11.3 Å². The number of rotatable bonds is 4. The molecule has 0 radical (unpaired) electrons. The van der Waals surface area contributed by atoms with Crippen molar-refractivity contribution < 1.29 is 9.90 Å². The normalized spacial score (nSPS) is 25.1. The summed E-state index contributed by atoms with van der Waals surface area (Å²) >= 11 is 1.69. The van der Waals surface area contributed by atoms with Gasteiger partial charge in [0.1, 0.15) is 0 Å². The lowest BCUT2D eigenvalue weighted by Gasteiger charge is -2.53. The van der Waals surface area contributed by atoms with E-state index >= 15 is 0 Å². The van der Waals surface area contributed by atoms with Crippen molar-refractivity contribution in [1.29, 1.82) is 0 Å². The van der Waals surface area contributed by atoms with Crippen molar-refractivity contribution in [2.75, 3.05) is 32.7 Å². The lowest BCUT2D eigenvalue weighted by molar-refractivity contribution is -0.136. The summed E-state index contributed by atoms with van der Waals surface area (Å²) in [5.41, 5.74) is -0.144. The molecular formula is C29H35N5O3S. The summed E-state index contributed by atoms with van der Waals surface area (Å²) in [7, 11) is 0. The zero-order valence-electron chi connectivity index (χ0n) is 21.6. The predicted molar refractivity (Wildman–Crippen MR) is 148 cm³/mol. The number of carbonyl (C=O) groups excluding carboxylic acids is 1. The number of carbonyl (C=O) groups is 1. The number of amides is 2. The highest BCUT2D eigenvalue weighted by Gasteiger charge is 2.56. The van der Waals surface area contributed by atoms with Crippen molar-refractivity contribution in [3.8, 4) is 11.3 Å². The van der Waals surface area contributed by atoms with Crippen molar-refractivity contribution in [1.82, 2.24) is 24.7 Å². The average molecular weight is 534 g/mol.